The lowest BCUT2D eigenvalue weighted by Crippen LogP contribution is -2.16. The average molecular weight is 410 g/mol. The minimum Gasteiger partial charge on any atom is -0.434 e. The van der Waals surface area contributed by atoms with Gasteiger partial charge >= 0.3 is 12.3 Å². The van der Waals surface area contributed by atoms with Crippen molar-refractivity contribution in [3.05, 3.63) is 48.0 Å². The number of hydrogen-bond donors (Lipinski definition) is 0. The van der Waals surface area contributed by atoms with Crippen molar-refractivity contribution < 1.29 is 28.5 Å². The van der Waals surface area contributed by atoms with Crippen LogP contribution in [0.2, 0.25) is 0 Å². The second-order valence-corrected chi connectivity index (χ2v) is 7.75. The molecular formula is C24H26O6. The third-order valence-corrected chi connectivity index (χ3v) is 4.66. The van der Waals surface area contributed by atoms with E-state index in [2.05, 4.69) is 20.8 Å². The summed E-state index contributed by atoms with van der Waals surface area (Å²) in [7, 11) is 0. The van der Waals surface area contributed by atoms with E-state index in [1.54, 1.807) is 13.8 Å². The molecule has 158 valence electrons. The Balaban J connectivity index is 2.42. The molecule has 0 aliphatic rings. The number of ether oxygens (including phenoxy) is 4. The topological polar surface area (TPSA) is 71.1 Å². The van der Waals surface area contributed by atoms with Gasteiger partial charge in [-0.15, -0.1) is 0 Å². The number of carbonyl (C=O) groups excluding carboxylic acids is 2. The van der Waals surface area contributed by atoms with Gasteiger partial charge in [0.25, 0.3) is 0 Å². The first kappa shape index (κ1) is 21.4. The Morgan fingerprint density at radius 2 is 1.23 bits per heavy atom. The maximum Gasteiger partial charge on any atom is 0.513 e. The van der Waals surface area contributed by atoms with Crippen LogP contribution in [0.4, 0.5) is 9.59 Å². The van der Waals surface area contributed by atoms with Crippen LogP contribution in [0.15, 0.2) is 42.5 Å². The first-order valence-electron chi connectivity index (χ1n) is 9.95. The molecule has 0 spiro atoms. The molecule has 0 aliphatic carbocycles. The molecule has 0 heterocycles. The number of rotatable bonds is 4. The molecule has 0 unspecified atom stereocenters. The summed E-state index contributed by atoms with van der Waals surface area (Å²) in [6.45, 7) is 10.0. The summed E-state index contributed by atoms with van der Waals surface area (Å²) in [5.74, 6) is 0.738. The van der Waals surface area contributed by atoms with E-state index in [0.717, 1.165) is 5.56 Å². The summed E-state index contributed by atoms with van der Waals surface area (Å²) in [5.41, 5.74) is 0.675. The highest BCUT2D eigenvalue weighted by atomic mass is 16.7. The summed E-state index contributed by atoms with van der Waals surface area (Å²) in [5, 5.41) is 2.60. The van der Waals surface area contributed by atoms with E-state index >= 15 is 0 Å². The zero-order chi connectivity index (χ0) is 21.9. The molecule has 0 amide bonds. The molecule has 3 aromatic rings. The predicted octanol–water partition coefficient (Wildman–Crippen LogP) is 6.36. The number of carbonyl (C=O) groups is 2. The summed E-state index contributed by atoms with van der Waals surface area (Å²) < 4.78 is 21.3. The molecule has 30 heavy (non-hydrogen) atoms. The molecule has 0 radical (unpaired) electrons. The Morgan fingerprint density at radius 3 is 1.77 bits per heavy atom. The summed E-state index contributed by atoms with van der Waals surface area (Å²) in [6.07, 6.45) is -1.57. The van der Waals surface area contributed by atoms with Gasteiger partial charge in [-0.3, -0.25) is 0 Å². The van der Waals surface area contributed by atoms with Crippen molar-refractivity contribution in [3.8, 4) is 11.5 Å². The van der Waals surface area contributed by atoms with E-state index in [0.29, 0.717) is 33.0 Å². The first-order valence-corrected chi connectivity index (χ1v) is 9.95. The molecule has 3 rings (SSSR count). The van der Waals surface area contributed by atoms with Gasteiger partial charge in [0.2, 0.25) is 0 Å². The van der Waals surface area contributed by atoms with Crippen LogP contribution in [0.3, 0.4) is 0 Å². The summed E-state index contributed by atoms with van der Waals surface area (Å²) in [6, 6.07) is 13.0. The second kappa shape index (κ2) is 8.61. The first-order chi connectivity index (χ1) is 14.3. The second-order valence-electron chi connectivity index (χ2n) is 7.75. The smallest absolute Gasteiger partial charge is 0.434 e. The molecule has 0 aliphatic heterocycles. The molecule has 0 fully saturated rings. The van der Waals surface area contributed by atoms with E-state index in [-0.39, 0.29) is 18.6 Å². The van der Waals surface area contributed by atoms with Gasteiger partial charge in [-0.25, -0.2) is 9.59 Å². The minimum atomic E-state index is -0.788. The molecule has 0 bridgehead atoms. The fourth-order valence-corrected chi connectivity index (χ4v) is 3.45. The number of hydrogen-bond acceptors (Lipinski definition) is 6. The monoisotopic (exact) mass is 410 g/mol. The molecule has 6 nitrogen and oxygen atoms in total. The number of fused-ring (bicyclic) bond motifs is 2. The molecule has 0 N–H and O–H groups in total. The van der Waals surface area contributed by atoms with Gasteiger partial charge in [0, 0.05) is 21.5 Å². The largest absolute Gasteiger partial charge is 0.513 e. The highest BCUT2D eigenvalue weighted by molar-refractivity contribution is 6.13. The standard InChI is InChI=1S/C24H26O6/c1-6-27-22(25)29-20-15-11-8-9-12-16(15)21(30-23(26)28-7-2)19-17(20)13-10-14-18(19)24(3,4)5/h8-14H,6-7H2,1-5H3. The third kappa shape index (κ3) is 4.17. The lowest BCUT2D eigenvalue weighted by molar-refractivity contribution is 0.103. The normalized spacial score (nSPS) is 11.4. The molecule has 0 aromatic heterocycles. The van der Waals surface area contributed by atoms with Crippen LogP contribution in [-0.2, 0) is 14.9 Å². The van der Waals surface area contributed by atoms with E-state index in [1.165, 1.54) is 0 Å². The van der Waals surface area contributed by atoms with Gasteiger partial charge in [-0.2, -0.15) is 0 Å². The van der Waals surface area contributed by atoms with Crippen LogP contribution in [-0.4, -0.2) is 25.5 Å². The van der Waals surface area contributed by atoms with E-state index in [9.17, 15) is 9.59 Å². The van der Waals surface area contributed by atoms with Crippen LogP contribution in [0.5, 0.6) is 11.5 Å². The van der Waals surface area contributed by atoms with Crippen LogP contribution >= 0.6 is 0 Å². The van der Waals surface area contributed by atoms with Gasteiger partial charge in [0.05, 0.1) is 13.2 Å². The zero-order valence-electron chi connectivity index (χ0n) is 17.9. The fourth-order valence-electron chi connectivity index (χ4n) is 3.45. The third-order valence-electron chi connectivity index (χ3n) is 4.66. The van der Waals surface area contributed by atoms with E-state index in [4.69, 9.17) is 18.9 Å². The molecular weight excluding hydrogens is 384 g/mol. The van der Waals surface area contributed by atoms with Gasteiger partial charge in [-0.1, -0.05) is 63.2 Å². The van der Waals surface area contributed by atoms with Gasteiger partial charge in [-0.05, 0) is 24.8 Å². The lowest BCUT2D eigenvalue weighted by Gasteiger charge is -2.24. The molecule has 0 atom stereocenters. The van der Waals surface area contributed by atoms with Crippen molar-refractivity contribution in [2.75, 3.05) is 13.2 Å². The maximum atomic E-state index is 12.3. The fraction of sp³-hybridized carbons (Fsp3) is 0.333. The van der Waals surface area contributed by atoms with Gasteiger partial charge in [0.1, 0.15) is 5.75 Å². The van der Waals surface area contributed by atoms with Crippen LogP contribution in [0.1, 0.15) is 40.2 Å². The van der Waals surface area contributed by atoms with Crippen molar-refractivity contribution >= 4 is 33.9 Å². The Labute approximate surface area is 175 Å². The quantitative estimate of drug-likeness (QED) is 0.283. The van der Waals surface area contributed by atoms with Crippen LogP contribution in [0, 0.1) is 0 Å². The zero-order valence-corrected chi connectivity index (χ0v) is 17.9. The van der Waals surface area contributed by atoms with Crippen LogP contribution in [0.25, 0.3) is 21.5 Å². The van der Waals surface area contributed by atoms with Crippen molar-refractivity contribution in [2.45, 2.75) is 40.0 Å². The summed E-state index contributed by atoms with van der Waals surface area (Å²) >= 11 is 0. The predicted molar refractivity (Wildman–Crippen MR) is 115 cm³/mol. The molecule has 0 saturated carbocycles. The van der Waals surface area contributed by atoms with Crippen molar-refractivity contribution in [1.29, 1.82) is 0 Å². The Morgan fingerprint density at radius 1 is 0.733 bits per heavy atom. The maximum absolute atomic E-state index is 12.3. The lowest BCUT2D eigenvalue weighted by atomic mass is 9.82. The highest BCUT2D eigenvalue weighted by Crippen LogP contribution is 2.46. The molecule has 0 saturated heterocycles. The highest BCUT2D eigenvalue weighted by Gasteiger charge is 2.26. The van der Waals surface area contributed by atoms with E-state index in [1.807, 2.05) is 42.5 Å². The molecule has 6 heteroatoms. The van der Waals surface area contributed by atoms with Gasteiger partial charge < -0.3 is 18.9 Å². The minimum absolute atomic E-state index is 0.199. The molecule has 3 aromatic carbocycles. The Bertz CT molecular complexity index is 1090. The van der Waals surface area contributed by atoms with E-state index < -0.39 is 12.3 Å². The van der Waals surface area contributed by atoms with Gasteiger partial charge in [0.15, 0.2) is 5.75 Å². The Hall–Kier alpha value is -3.28. The summed E-state index contributed by atoms with van der Waals surface area (Å²) in [4.78, 5) is 24.4. The van der Waals surface area contributed by atoms with Crippen molar-refractivity contribution in [3.63, 3.8) is 0 Å². The SMILES string of the molecule is CCOC(=O)Oc1c2ccccc2c(OC(=O)OCC)c2c(C(C)(C)C)cccc12. The van der Waals surface area contributed by atoms with Crippen molar-refractivity contribution in [2.24, 2.45) is 0 Å². The van der Waals surface area contributed by atoms with Crippen molar-refractivity contribution in [1.82, 2.24) is 0 Å². The average Bonchev–Trinajstić information content (AvgIpc) is 2.69. The Kier molecular flexibility index (Phi) is 6.15. The van der Waals surface area contributed by atoms with Crippen LogP contribution < -0.4 is 9.47 Å². The number of benzene rings is 3.